The number of aromatic nitrogens is 1. The van der Waals surface area contributed by atoms with Crippen molar-refractivity contribution >= 4 is 17.7 Å². The second-order valence-electron chi connectivity index (χ2n) is 6.85. The van der Waals surface area contributed by atoms with E-state index in [1.807, 2.05) is 37.3 Å². The molecular formula is C23H21N5O4. The number of nitrogens with zero attached hydrogens (tertiary/aromatic N) is 4. The number of benzene rings is 2. The van der Waals surface area contributed by atoms with Crippen LogP contribution in [-0.2, 0) is 18.0 Å². The van der Waals surface area contributed by atoms with Crippen molar-refractivity contribution in [2.45, 2.75) is 20.1 Å². The molecule has 0 fully saturated rings. The maximum Gasteiger partial charge on any atom is 0.269 e. The average molecular weight is 431 g/mol. The quantitative estimate of drug-likeness (QED) is 0.304. The van der Waals surface area contributed by atoms with E-state index in [0.717, 1.165) is 22.4 Å². The number of nitrogens with one attached hydrogen (secondary N) is 1. The second kappa shape index (κ2) is 10.7. The van der Waals surface area contributed by atoms with Crippen LogP contribution >= 0.6 is 0 Å². The average Bonchev–Trinajstić information content (AvgIpc) is 2.78. The lowest BCUT2D eigenvalue weighted by Crippen LogP contribution is -2.03. The number of hydrogen-bond donors (Lipinski definition) is 1. The summed E-state index contributed by atoms with van der Waals surface area (Å²) in [6, 6.07) is 17.5. The molecule has 9 nitrogen and oxygen atoms in total. The third kappa shape index (κ3) is 5.87. The Labute approximate surface area is 185 Å². The number of hydrogen-bond acceptors (Lipinski definition) is 8. The molecule has 0 atom stereocenters. The molecule has 0 saturated heterocycles. The minimum atomic E-state index is -0.439. The number of pyridine rings is 1. The molecule has 1 N–H and O–H groups in total. The molecule has 0 aliphatic heterocycles. The molecule has 0 saturated carbocycles. The first-order chi connectivity index (χ1) is 15.5. The van der Waals surface area contributed by atoms with Gasteiger partial charge in [0, 0.05) is 30.5 Å². The van der Waals surface area contributed by atoms with E-state index in [4.69, 9.17) is 9.47 Å². The van der Waals surface area contributed by atoms with Crippen LogP contribution in [0, 0.1) is 28.4 Å². The van der Waals surface area contributed by atoms with E-state index in [-0.39, 0.29) is 12.3 Å². The van der Waals surface area contributed by atoms with Crippen molar-refractivity contribution in [2.24, 2.45) is 5.10 Å². The van der Waals surface area contributed by atoms with E-state index in [2.05, 4.69) is 21.6 Å². The Balaban J connectivity index is 1.66. The van der Waals surface area contributed by atoms with Crippen LogP contribution in [0.2, 0.25) is 0 Å². The molecule has 0 amide bonds. The molecule has 0 bridgehead atoms. The van der Waals surface area contributed by atoms with Crippen LogP contribution in [-0.4, -0.2) is 23.2 Å². The summed E-state index contributed by atoms with van der Waals surface area (Å²) in [6.45, 7) is 2.41. The van der Waals surface area contributed by atoms with Crippen LogP contribution in [0.4, 0.5) is 11.5 Å². The molecule has 1 aromatic heterocycles. The Morgan fingerprint density at radius 2 is 2.00 bits per heavy atom. The number of nitro groups is 1. The topological polar surface area (TPSA) is 123 Å². The van der Waals surface area contributed by atoms with Crippen molar-refractivity contribution in [3.63, 3.8) is 0 Å². The van der Waals surface area contributed by atoms with Crippen LogP contribution in [0.5, 0.6) is 5.75 Å². The first-order valence-corrected chi connectivity index (χ1v) is 9.65. The molecule has 2 aromatic carbocycles. The first-order valence-electron chi connectivity index (χ1n) is 9.65. The molecule has 3 rings (SSSR count). The predicted molar refractivity (Wildman–Crippen MR) is 119 cm³/mol. The highest BCUT2D eigenvalue weighted by Crippen LogP contribution is 2.20. The molecule has 9 heteroatoms. The predicted octanol–water partition coefficient (Wildman–Crippen LogP) is 4.34. The number of aryl methyl sites for hydroxylation is 1. The summed E-state index contributed by atoms with van der Waals surface area (Å²) >= 11 is 0. The second-order valence-corrected chi connectivity index (χ2v) is 6.85. The number of rotatable bonds is 9. The molecular weight excluding hydrogens is 410 g/mol. The van der Waals surface area contributed by atoms with Crippen LogP contribution in [0.25, 0.3) is 0 Å². The molecule has 0 radical (unpaired) electrons. The number of non-ortho nitro benzene ring substituents is 1. The Morgan fingerprint density at radius 3 is 2.69 bits per heavy atom. The van der Waals surface area contributed by atoms with E-state index in [0.29, 0.717) is 23.7 Å². The highest BCUT2D eigenvalue weighted by atomic mass is 16.6. The van der Waals surface area contributed by atoms with Gasteiger partial charge in [0.05, 0.1) is 17.7 Å². The Kier molecular flexibility index (Phi) is 7.46. The molecule has 0 spiro atoms. The maximum absolute atomic E-state index is 10.7. The van der Waals surface area contributed by atoms with Gasteiger partial charge in [0.1, 0.15) is 24.0 Å². The number of ether oxygens (including phenoxy) is 2. The minimum Gasteiger partial charge on any atom is -0.489 e. The lowest BCUT2D eigenvalue weighted by Gasteiger charge is -2.09. The van der Waals surface area contributed by atoms with Gasteiger partial charge in [0.2, 0.25) is 0 Å². The third-order valence-corrected chi connectivity index (χ3v) is 4.44. The summed E-state index contributed by atoms with van der Waals surface area (Å²) in [6.07, 6.45) is 1.60. The largest absolute Gasteiger partial charge is 0.489 e. The Hall–Kier alpha value is -4.29. The van der Waals surface area contributed by atoms with Gasteiger partial charge in [-0.2, -0.15) is 10.4 Å². The van der Waals surface area contributed by atoms with Gasteiger partial charge in [-0.25, -0.2) is 4.98 Å². The fourth-order valence-electron chi connectivity index (χ4n) is 2.95. The molecule has 0 unspecified atom stereocenters. The Bertz CT molecular complexity index is 1170. The van der Waals surface area contributed by atoms with Crippen molar-refractivity contribution in [3.05, 3.63) is 92.7 Å². The number of nitriles is 1. The summed E-state index contributed by atoms with van der Waals surface area (Å²) in [7, 11) is 1.57. The van der Waals surface area contributed by atoms with Gasteiger partial charge in [-0.15, -0.1) is 0 Å². The number of anilines is 1. The van der Waals surface area contributed by atoms with E-state index in [9.17, 15) is 15.4 Å². The van der Waals surface area contributed by atoms with Crippen LogP contribution in [0.1, 0.15) is 27.9 Å². The van der Waals surface area contributed by atoms with Crippen molar-refractivity contribution in [3.8, 4) is 11.8 Å². The highest BCUT2D eigenvalue weighted by Gasteiger charge is 2.11. The smallest absolute Gasteiger partial charge is 0.269 e. The third-order valence-electron chi connectivity index (χ3n) is 4.44. The summed E-state index contributed by atoms with van der Waals surface area (Å²) in [5.74, 6) is 0.988. The summed E-state index contributed by atoms with van der Waals surface area (Å²) in [5.41, 5.74) is 6.33. The van der Waals surface area contributed by atoms with Crippen molar-refractivity contribution in [2.75, 3.05) is 12.5 Å². The fraction of sp³-hybridized carbons (Fsp3) is 0.174. The summed E-state index contributed by atoms with van der Waals surface area (Å²) in [4.78, 5) is 14.6. The van der Waals surface area contributed by atoms with Gasteiger partial charge in [0.25, 0.3) is 5.69 Å². The van der Waals surface area contributed by atoms with Gasteiger partial charge >= 0.3 is 0 Å². The fourth-order valence-corrected chi connectivity index (χ4v) is 2.95. The molecule has 0 aliphatic rings. The lowest BCUT2D eigenvalue weighted by atomic mass is 10.1. The number of nitro benzene ring substituents is 1. The zero-order chi connectivity index (χ0) is 22.9. The number of methoxy groups -OCH3 is 1. The van der Waals surface area contributed by atoms with Gasteiger partial charge in [-0.05, 0) is 48.4 Å². The monoisotopic (exact) mass is 431 g/mol. The number of hydrazone groups is 1. The molecule has 32 heavy (non-hydrogen) atoms. The van der Waals surface area contributed by atoms with E-state index in [1.165, 1.54) is 12.1 Å². The normalized spacial score (nSPS) is 10.7. The van der Waals surface area contributed by atoms with E-state index >= 15 is 0 Å². The minimum absolute atomic E-state index is 0.0384. The van der Waals surface area contributed by atoms with Gasteiger partial charge in [0.15, 0.2) is 5.82 Å². The molecule has 162 valence electrons. The molecule has 0 aliphatic carbocycles. The zero-order valence-electron chi connectivity index (χ0n) is 17.6. The Morgan fingerprint density at radius 1 is 1.22 bits per heavy atom. The van der Waals surface area contributed by atoms with Gasteiger partial charge < -0.3 is 9.47 Å². The van der Waals surface area contributed by atoms with Crippen molar-refractivity contribution < 1.29 is 14.4 Å². The van der Waals surface area contributed by atoms with Crippen LogP contribution < -0.4 is 10.2 Å². The highest BCUT2D eigenvalue weighted by molar-refractivity contribution is 5.81. The zero-order valence-corrected chi connectivity index (χ0v) is 17.6. The lowest BCUT2D eigenvalue weighted by molar-refractivity contribution is -0.384. The van der Waals surface area contributed by atoms with Crippen molar-refractivity contribution in [1.82, 2.24) is 4.98 Å². The summed E-state index contributed by atoms with van der Waals surface area (Å²) in [5, 5.41) is 24.4. The van der Waals surface area contributed by atoms with E-state index < -0.39 is 4.92 Å². The SMILES string of the molecule is COCc1cc(C)nc(N/N=C/c2cccc(OCc3ccc([N+](=O)[O-])cc3)c2)c1C#N. The van der Waals surface area contributed by atoms with Crippen molar-refractivity contribution in [1.29, 1.82) is 5.26 Å². The standard InChI is InChI=1S/C23H21N5O4/c1-16-10-19(15-31-2)22(12-24)23(26-16)27-25-13-18-4-3-5-21(11-18)32-14-17-6-8-20(9-7-17)28(29)30/h3-11,13H,14-15H2,1-2H3,(H,26,27)/b25-13+. The van der Waals surface area contributed by atoms with Crippen LogP contribution in [0.15, 0.2) is 59.7 Å². The van der Waals surface area contributed by atoms with Gasteiger partial charge in [-0.3, -0.25) is 15.5 Å². The first kappa shape index (κ1) is 22.4. The maximum atomic E-state index is 10.7. The van der Waals surface area contributed by atoms with Gasteiger partial charge in [-0.1, -0.05) is 12.1 Å². The molecule has 1 heterocycles. The van der Waals surface area contributed by atoms with Crippen LogP contribution in [0.3, 0.4) is 0 Å². The van der Waals surface area contributed by atoms with E-state index in [1.54, 1.807) is 25.5 Å². The summed E-state index contributed by atoms with van der Waals surface area (Å²) < 4.78 is 10.9. The molecule has 3 aromatic rings.